The van der Waals surface area contributed by atoms with Gasteiger partial charge in [-0.3, -0.25) is 0 Å². The molecule has 11 heavy (non-hydrogen) atoms. The Hall–Kier alpha value is -0.770. The van der Waals surface area contributed by atoms with Crippen molar-refractivity contribution in [1.29, 1.82) is 0 Å². The largest absolute Gasteiger partial charge is 0.465 e. The van der Waals surface area contributed by atoms with Gasteiger partial charge in [-0.15, -0.1) is 0 Å². The van der Waals surface area contributed by atoms with Gasteiger partial charge in [0.15, 0.2) is 0 Å². The monoisotopic (exact) mass is 161 g/mol. The van der Waals surface area contributed by atoms with Gasteiger partial charge in [0.25, 0.3) is 0 Å². The third-order valence-corrected chi connectivity index (χ3v) is 1.71. The molecule has 66 valence electrons. The summed E-state index contributed by atoms with van der Waals surface area (Å²) in [5, 5.41) is 17.4. The lowest BCUT2D eigenvalue weighted by Gasteiger charge is -2.25. The summed E-state index contributed by atoms with van der Waals surface area (Å²) in [7, 11) is 0. The third kappa shape index (κ3) is 2.76. The number of carboxylic acid groups (broad SMARTS) is 1. The van der Waals surface area contributed by atoms with Crippen LogP contribution in [0.4, 0.5) is 4.79 Å². The summed E-state index contributed by atoms with van der Waals surface area (Å²) in [4.78, 5) is 11.7. The third-order valence-electron chi connectivity index (χ3n) is 1.71. The highest BCUT2D eigenvalue weighted by Gasteiger charge is 2.18. The zero-order chi connectivity index (χ0) is 8.85. The fourth-order valence-corrected chi connectivity index (χ4v) is 0.998. The maximum atomic E-state index is 10.5. The average molecular weight is 161 g/mol. The first-order valence-electron chi connectivity index (χ1n) is 3.77. The van der Waals surface area contributed by atoms with Crippen LogP contribution in [-0.4, -0.2) is 40.4 Å². The van der Waals surface area contributed by atoms with E-state index in [1.165, 1.54) is 4.90 Å². The van der Waals surface area contributed by atoms with E-state index in [9.17, 15) is 4.79 Å². The van der Waals surface area contributed by atoms with Gasteiger partial charge < -0.3 is 15.1 Å². The number of aliphatic hydroxyl groups is 1. The van der Waals surface area contributed by atoms with Crippen LogP contribution in [0.2, 0.25) is 0 Å². The molecule has 0 saturated heterocycles. The Morgan fingerprint density at radius 1 is 1.55 bits per heavy atom. The molecule has 0 saturated carbocycles. The van der Waals surface area contributed by atoms with Gasteiger partial charge in [0.1, 0.15) is 0 Å². The van der Waals surface area contributed by atoms with E-state index in [4.69, 9.17) is 10.2 Å². The number of hydrogen-bond acceptors (Lipinski definition) is 2. The smallest absolute Gasteiger partial charge is 0.407 e. The Kier molecular flexibility index (Phi) is 4.61. The van der Waals surface area contributed by atoms with Crippen LogP contribution in [0.1, 0.15) is 20.3 Å². The predicted molar refractivity (Wildman–Crippen MR) is 41.6 cm³/mol. The summed E-state index contributed by atoms with van der Waals surface area (Å²) in [6, 6.07) is -0.252. The maximum absolute atomic E-state index is 10.5. The molecular formula is C7H15NO3. The molecule has 1 atom stereocenters. The SMILES string of the molecule is CCC(CO)N(CC)C(=O)O. The van der Waals surface area contributed by atoms with Crippen molar-refractivity contribution in [1.82, 2.24) is 4.90 Å². The Balaban J connectivity index is 4.09. The molecule has 0 bridgehead atoms. The summed E-state index contributed by atoms with van der Waals surface area (Å²) in [5.74, 6) is 0. The van der Waals surface area contributed by atoms with E-state index >= 15 is 0 Å². The number of aliphatic hydroxyl groups excluding tert-OH is 1. The van der Waals surface area contributed by atoms with Gasteiger partial charge >= 0.3 is 6.09 Å². The lowest BCUT2D eigenvalue weighted by molar-refractivity contribution is 0.0990. The molecule has 2 N–H and O–H groups in total. The molecule has 0 aliphatic heterocycles. The molecule has 0 radical (unpaired) electrons. The van der Waals surface area contributed by atoms with Gasteiger partial charge in [0.05, 0.1) is 12.6 Å². The van der Waals surface area contributed by atoms with Crippen molar-refractivity contribution in [3.63, 3.8) is 0 Å². The Labute approximate surface area is 66.4 Å². The molecule has 0 aromatic rings. The van der Waals surface area contributed by atoms with Crippen molar-refractivity contribution < 1.29 is 15.0 Å². The van der Waals surface area contributed by atoms with Crippen LogP contribution in [0.5, 0.6) is 0 Å². The number of nitrogens with zero attached hydrogens (tertiary/aromatic N) is 1. The van der Waals surface area contributed by atoms with Crippen LogP contribution in [0.3, 0.4) is 0 Å². The number of rotatable bonds is 4. The quantitative estimate of drug-likeness (QED) is 0.639. The van der Waals surface area contributed by atoms with Gasteiger partial charge in [-0.05, 0) is 13.3 Å². The highest BCUT2D eigenvalue weighted by atomic mass is 16.4. The van der Waals surface area contributed by atoms with Crippen LogP contribution in [0.15, 0.2) is 0 Å². The second kappa shape index (κ2) is 4.96. The van der Waals surface area contributed by atoms with Crippen molar-refractivity contribution >= 4 is 6.09 Å². The molecule has 4 nitrogen and oxygen atoms in total. The maximum Gasteiger partial charge on any atom is 0.407 e. The van der Waals surface area contributed by atoms with Gasteiger partial charge in [-0.2, -0.15) is 0 Å². The van der Waals surface area contributed by atoms with E-state index in [1.807, 2.05) is 6.92 Å². The summed E-state index contributed by atoms with van der Waals surface area (Å²) >= 11 is 0. The first kappa shape index (κ1) is 10.2. The molecule has 0 heterocycles. The van der Waals surface area contributed by atoms with Gasteiger partial charge in [-0.25, -0.2) is 4.79 Å². The lowest BCUT2D eigenvalue weighted by Crippen LogP contribution is -2.41. The zero-order valence-corrected chi connectivity index (χ0v) is 6.95. The fourth-order valence-electron chi connectivity index (χ4n) is 0.998. The normalized spacial score (nSPS) is 12.6. The van der Waals surface area contributed by atoms with E-state index < -0.39 is 6.09 Å². The van der Waals surface area contributed by atoms with E-state index in [0.29, 0.717) is 13.0 Å². The summed E-state index contributed by atoms with van der Waals surface area (Å²) in [6.07, 6.45) is -0.315. The van der Waals surface area contributed by atoms with E-state index in [-0.39, 0.29) is 12.6 Å². The zero-order valence-electron chi connectivity index (χ0n) is 6.95. The first-order valence-corrected chi connectivity index (χ1v) is 3.77. The molecule has 0 aliphatic rings. The highest BCUT2D eigenvalue weighted by Crippen LogP contribution is 2.02. The van der Waals surface area contributed by atoms with Crippen LogP contribution in [0.25, 0.3) is 0 Å². The number of hydrogen-bond donors (Lipinski definition) is 2. The molecule has 0 spiro atoms. The summed E-state index contributed by atoms with van der Waals surface area (Å²) in [5.41, 5.74) is 0. The van der Waals surface area contributed by atoms with E-state index in [1.54, 1.807) is 6.92 Å². The van der Waals surface area contributed by atoms with Crippen LogP contribution in [-0.2, 0) is 0 Å². The Morgan fingerprint density at radius 2 is 2.09 bits per heavy atom. The molecule has 4 heteroatoms. The van der Waals surface area contributed by atoms with Gasteiger partial charge in [0.2, 0.25) is 0 Å². The molecule has 1 unspecified atom stereocenters. The molecule has 0 aliphatic carbocycles. The number of amides is 1. The van der Waals surface area contributed by atoms with Crippen molar-refractivity contribution in [2.75, 3.05) is 13.2 Å². The summed E-state index contributed by atoms with van der Waals surface area (Å²) in [6.45, 7) is 3.93. The molecule has 0 rings (SSSR count). The van der Waals surface area contributed by atoms with Crippen LogP contribution in [0, 0.1) is 0 Å². The predicted octanol–water partition coefficient (Wildman–Crippen LogP) is 0.757. The van der Waals surface area contributed by atoms with Crippen molar-refractivity contribution in [2.45, 2.75) is 26.3 Å². The van der Waals surface area contributed by atoms with Crippen LogP contribution < -0.4 is 0 Å². The van der Waals surface area contributed by atoms with Crippen molar-refractivity contribution in [2.24, 2.45) is 0 Å². The molecule has 0 aromatic heterocycles. The minimum atomic E-state index is -0.964. The minimum absolute atomic E-state index is 0.101. The van der Waals surface area contributed by atoms with Gasteiger partial charge in [0, 0.05) is 6.54 Å². The molecular weight excluding hydrogens is 146 g/mol. The standard InChI is InChI=1S/C7H15NO3/c1-3-6(5-9)8(4-2)7(10)11/h6,9H,3-5H2,1-2H3,(H,10,11). The van der Waals surface area contributed by atoms with E-state index in [2.05, 4.69) is 0 Å². The number of likely N-dealkylation sites (N-methyl/N-ethyl adjacent to an activating group) is 1. The Bertz CT molecular complexity index is 123. The second-order valence-electron chi connectivity index (χ2n) is 2.31. The van der Waals surface area contributed by atoms with Crippen molar-refractivity contribution in [3.8, 4) is 0 Å². The molecule has 1 amide bonds. The lowest BCUT2D eigenvalue weighted by atomic mass is 10.2. The highest BCUT2D eigenvalue weighted by molar-refractivity contribution is 5.65. The van der Waals surface area contributed by atoms with Gasteiger partial charge in [-0.1, -0.05) is 6.92 Å². The minimum Gasteiger partial charge on any atom is -0.465 e. The average Bonchev–Trinajstić information content (AvgIpc) is 1.99. The van der Waals surface area contributed by atoms with Crippen molar-refractivity contribution in [3.05, 3.63) is 0 Å². The topological polar surface area (TPSA) is 60.8 Å². The Morgan fingerprint density at radius 3 is 2.18 bits per heavy atom. The fraction of sp³-hybridized carbons (Fsp3) is 0.857. The first-order chi connectivity index (χ1) is 5.17. The summed E-state index contributed by atoms with van der Waals surface area (Å²) < 4.78 is 0. The van der Waals surface area contributed by atoms with Crippen LogP contribution >= 0.6 is 0 Å². The second-order valence-corrected chi connectivity index (χ2v) is 2.31. The number of carbonyl (C=O) groups is 1. The molecule has 0 aromatic carbocycles. The molecule has 0 fully saturated rings. The van der Waals surface area contributed by atoms with E-state index in [0.717, 1.165) is 0 Å².